The zero-order valence-corrected chi connectivity index (χ0v) is 38.8. The molecule has 0 atom stereocenters. The molecule has 309 valence electrons. The number of aromatic nitrogens is 4. The van der Waals surface area contributed by atoms with Crippen LogP contribution in [-0.4, -0.2) is 27.6 Å². The van der Waals surface area contributed by atoms with Crippen molar-refractivity contribution in [2.24, 2.45) is 5.92 Å². The Labute approximate surface area is 379 Å². The Hall–Kier alpha value is -5.66. The number of aryl methyl sites for hydroxylation is 3. The number of hydrogen-bond acceptors (Lipinski definition) is 5. The normalized spacial score (nSPS) is 13.5. The first kappa shape index (κ1) is 36.0. The van der Waals surface area contributed by atoms with Crippen molar-refractivity contribution in [2.45, 2.75) is 73.4 Å². The second-order valence-electron chi connectivity index (χ2n) is 16.5. The van der Waals surface area contributed by atoms with Gasteiger partial charge in [-0.2, -0.15) is 0 Å². The zero-order valence-electron chi connectivity index (χ0n) is 40.4. The molecule has 6 nitrogen and oxygen atoms in total. The molecule has 10 aromatic rings. The van der Waals surface area contributed by atoms with E-state index in [1.54, 1.807) is 12.1 Å². The van der Waals surface area contributed by atoms with Gasteiger partial charge in [0, 0.05) is 66.3 Å². The monoisotopic (exact) mass is 1000 g/mol. The second kappa shape index (κ2) is 17.0. The van der Waals surface area contributed by atoms with Gasteiger partial charge in [-0.3, -0.25) is 4.98 Å². The largest absolute Gasteiger partial charge is 0.486 e. The van der Waals surface area contributed by atoms with E-state index in [9.17, 15) is 0 Å². The molecular formula is C53H50IrN4O2Si-2. The minimum Gasteiger partial charge on any atom is -0.486 e. The Morgan fingerprint density at radius 3 is 2.33 bits per heavy atom. The molecule has 10 rings (SSSR count). The fourth-order valence-corrected chi connectivity index (χ4v) is 9.14. The van der Waals surface area contributed by atoms with Crippen molar-refractivity contribution >= 4 is 68.3 Å². The number of nitrogens with zero attached hydrogens (tertiary/aromatic N) is 4. The third-order valence-corrected chi connectivity index (χ3v) is 13.0. The van der Waals surface area contributed by atoms with Crippen LogP contribution in [0, 0.1) is 24.9 Å². The van der Waals surface area contributed by atoms with Crippen LogP contribution in [0.2, 0.25) is 19.6 Å². The van der Waals surface area contributed by atoms with Crippen LogP contribution >= 0.6 is 0 Å². The van der Waals surface area contributed by atoms with Crippen molar-refractivity contribution < 1.29 is 35.8 Å². The van der Waals surface area contributed by atoms with Crippen molar-refractivity contribution in [1.82, 2.24) is 19.5 Å². The number of pyridine rings is 2. The summed E-state index contributed by atoms with van der Waals surface area (Å²) in [5, 5.41) is 4.97. The Bertz CT molecular complexity index is 3410. The maximum absolute atomic E-state index is 8.54. The van der Waals surface area contributed by atoms with Gasteiger partial charge in [-0.15, -0.1) is 54.1 Å². The Morgan fingerprint density at radius 1 is 0.770 bits per heavy atom. The molecule has 1 radical (unpaired) electrons. The summed E-state index contributed by atoms with van der Waals surface area (Å²) in [6, 6.07) is 41.9. The van der Waals surface area contributed by atoms with Crippen molar-refractivity contribution in [3.63, 3.8) is 0 Å². The van der Waals surface area contributed by atoms with Gasteiger partial charge in [0.2, 0.25) is 5.71 Å². The Kier molecular flexibility index (Phi) is 10.0. The van der Waals surface area contributed by atoms with Gasteiger partial charge in [-0.1, -0.05) is 100 Å². The summed E-state index contributed by atoms with van der Waals surface area (Å²) < 4.78 is 55.6. The van der Waals surface area contributed by atoms with Crippen LogP contribution < -0.4 is 5.19 Å². The van der Waals surface area contributed by atoms with Gasteiger partial charge in [0.1, 0.15) is 11.2 Å². The fourth-order valence-electron chi connectivity index (χ4n) is 8.11. The molecule has 0 bridgehead atoms. The van der Waals surface area contributed by atoms with E-state index in [4.69, 9.17) is 20.7 Å². The smallest absolute Gasteiger partial charge is 0.216 e. The van der Waals surface area contributed by atoms with Gasteiger partial charge >= 0.3 is 0 Å². The van der Waals surface area contributed by atoms with E-state index in [-0.39, 0.29) is 37.4 Å². The van der Waals surface area contributed by atoms with E-state index in [2.05, 4.69) is 78.4 Å². The second-order valence-corrected chi connectivity index (χ2v) is 21.6. The van der Waals surface area contributed by atoms with E-state index >= 15 is 0 Å². The van der Waals surface area contributed by atoms with Crippen molar-refractivity contribution in [2.75, 3.05) is 0 Å². The summed E-state index contributed by atoms with van der Waals surface area (Å²) in [5.74, 6) is 0.565. The number of fused-ring (bicyclic) bond motifs is 7. The topological polar surface area (TPSA) is 69.9 Å². The number of furan rings is 2. The summed E-state index contributed by atoms with van der Waals surface area (Å²) in [4.78, 5) is 14.1. The molecule has 61 heavy (non-hydrogen) atoms. The van der Waals surface area contributed by atoms with Gasteiger partial charge in [-0.05, 0) is 84.8 Å². The summed E-state index contributed by atoms with van der Waals surface area (Å²) >= 11 is 0. The molecule has 0 fully saturated rings. The van der Waals surface area contributed by atoms with Crippen LogP contribution in [-0.2, 0) is 39.3 Å². The minimum absolute atomic E-state index is 0. The van der Waals surface area contributed by atoms with Gasteiger partial charge < -0.3 is 18.4 Å². The zero-order chi connectivity index (χ0) is 46.0. The first-order chi connectivity index (χ1) is 31.0. The third-order valence-electron chi connectivity index (χ3n) is 11.0. The van der Waals surface area contributed by atoms with Crippen LogP contribution in [0.15, 0.2) is 124 Å². The molecule has 0 spiro atoms. The van der Waals surface area contributed by atoms with E-state index in [0.717, 1.165) is 73.4 Å². The average Bonchev–Trinajstić information content (AvgIpc) is 3.99. The number of hydrogen-bond donors (Lipinski definition) is 0. The van der Waals surface area contributed by atoms with Gasteiger partial charge in [-0.25, -0.2) is 4.98 Å². The van der Waals surface area contributed by atoms with Gasteiger partial charge in [0.15, 0.2) is 0 Å². The van der Waals surface area contributed by atoms with Crippen LogP contribution in [0.5, 0.6) is 0 Å². The van der Waals surface area contributed by atoms with Crippen LogP contribution in [0.4, 0.5) is 0 Å². The minimum atomic E-state index is -2.33. The number of benzene rings is 5. The maximum Gasteiger partial charge on any atom is 0.216 e. The molecule has 5 heterocycles. The molecule has 0 amide bonds. The number of imidazole rings is 1. The average molecular weight is 1000 g/mol. The van der Waals surface area contributed by atoms with E-state index in [1.807, 2.05) is 98.9 Å². The molecule has 5 aromatic carbocycles. The van der Waals surface area contributed by atoms with Crippen molar-refractivity contribution in [3.8, 4) is 28.3 Å². The molecule has 0 saturated heterocycles. The van der Waals surface area contributed by atoms with Crippen molar-refractivity contribution in [3.05, 3.63) is 150 Å². The molecule has 8 heteroatoms. The van der Waals surface area contributed by atoms with Crippen molar-refractivity contribution in [1.29, 1.82) is 0 Å². The fraction of sp³-hybridized carbons (Fsp3) is 0.226. The predicted molar refractivity (Wildman–Crippen MR) is 251 cm³/mol. The van der Waals surface area contributed by atoms with Gasteiger partial charge in [0.25, 0.3) is 0 Å². The first-order valence-electron chi connectivity index (χ1n) is 23.2. The van der Waals surface area contributed by atoms with E-state index < -0.39 is 21.3 Å². The molecular weight excluding hydrogens is 945 g/mol. The molecule has 0 unspecified atom stereocenters. The van der Waals surface area contributed by atoms with Crippen LogP contribution in [0.3, 0.4) is 0 Å². The molecule has 0 aliphatic carbocycles. The predicted octanol–water partition coefficient (Wildman–Crippen LogP) is 13.4. The summed E-state index contributed by atoms with van der Waals surface area (Å²) in [6.45, 7) is 12.6. The SMILES string of the molecule is [2H]C([2H])([2H])c1ccc2c(n1)oc1c(-c3nc4ccccc4n3-c3c(CC)cc4c(oc5ccccc54)c3CC)[c-]ccc12.[2H]C([2H])(c1cc([Si](C)(C)C)cnc1-c1[c-]cccc1)C(C)C.[Ir]. The summed E-state index contributed by atoms with van der Waals surface area (Å²) in [5.41, 5.74) is 10.6. The standard InChI is InChI=1S/C35H26N3O2.C18H24NSi.Ir/c1-4-21-19-27-23-11-6-9-16-30(23)39-32(27)22(5-2)31(21)38-29-15-8-7-14-28(29)37-34(38)26-13-10-12-24-25-18-17-20(3)36-35(25)40-33(24)26;1-14(2)11-16-12-17(20(3,4)5)13-19-18(16)15-9-7-6-8-10-15;/h6-12,14-19H,4-5H2,1-3H3;6-9,12-14H,11H2,1-5H3;/q2*-1;/i3D3;11D2;. The summed E-state index contributed by atoms with van der Waals surface area (Å²) in [6.07, 6.45) is 2.07. The van der Waals surface area contributed by atoms with Gasteiger partial charge in [0.05, 0.1) is 30.5 Å². The molecule has 0 aliphatic rings. The number of rotatable bonds is 8. The van der Waals surface area contributed by atoms with Crippen LogP contribution in [0.1, 0.15) is 56.9 Å². The maximum atomic E-state index is 8.54. The Balaban J connectivity index is 0.000000219. The third kappa shape index (κ3) is 7.78. The van der Waals surface area contributed by atoms with Crippen LogP contribution in [0.25, 0.3) is 83.4 Å². The Morgan fingerprint density at radius 2 is 1.57 bits per heavy atom. The first-order valence-corrected chi connectivity index (χ1v) is 24.2. The van der Waals surface area contributed by atoms with E-state index in [1.165, 1.54) is 10.8 Å². The van der Waals surface area contributed by atoms with E-state index in [0.29, 0.717) is 28.2 Å². The quantitative estimate of drug-likeness (QED) is 0.112. The molecule has 5 aromatic heterocycles. The summed E-state index contributed by atoms with van der Waals surface area (Å²) in [7, 11) is -1.54. The molecule has 0 N–H and O–H groups in total. The molecule has 0 saturated carbocycles. The number of para-hydroxylation sites is 3. The molecule has 0 aliphatic heterocycles.